The number of alkyl halides is 3. The molecule has 2 fully saturated rings. The highest BCUT2D eigenvalue weighted by Crippen LogP contribution is 2.35. The lowest BCUT2D eigenvalue weighted by Gasteiger charge is -2.20. The van der Waals surface area contributed by atoms with Crippen LogP contribution in [0.5, 0.6) is 0 Å². The van der Waals surface area contributed by atoms with Crippen LogP contribution in [0.4, 0.5) is 23.8 Å². The van der Waals surface area contributed by atoms with Crippen molar-refractivity contribution < 1.29 is 23.1 Å². The van der Waals surface area contributed by atoms with Crippen molar-refractivity contribution in [1.82, 2.24) is 9.88 Å². The van der Waals surface area contributed by atoms with Gasteiger partial charge in [0.25, 0.3) is 0 Å². The van der Waals surface area contributed by atoms with E-state index in [0.717, 1.165) is 29.7 Å². The van der Waals surface area contributed by atoms with Crippen molar-refractivity contribution in [2.24, 2.45) is 0 Å². The van der Waals surface area contributed by atoms with Crippen LogP contribution in [0.15, 0.2) is 18.3 Å². The average molecular weight is 287 g/mol. The number of urea groups is 1. The van der Waals surface area contributed by atoms with E-state index >= 15 is 0 Å². The number of nitrogens with zero attached hydrogens (tertiary/aromatic N) is 3. The maximum absolute atomic E-state index is 12.7. The summed E-state index contributed by atoms with van der Waals surface area (Å²) in [7, 11) is 0. The van der Waals surface area contributed by atoms with Gasteiger partial charge in [0.05, 0.1) is 11.6 Å². The first-order chi connectivity index (χ1) is 9.39. The quantitative estimate of drug-likeness (QED) is 0.857. The number of aromatic nitrogens is 1. The third kappa shape index (κ3) is 1.91. The van der Waals surface area contributed by atoms with Gasteiger partial charge in [-0.1, -0.05) is 0 Å². The Hall–Kier alpha value is -1.83. The molecule has 2 saturated heterocycles. The monoisotopic (exact) mass is 287 g/mol. The predicted octanol–water partition coefficient (Wildman–Crippen LogP) is 1.82. The Kier molecular flexibility index (Phi) is 2.86. The van der Waals surface area contributed by atoms with Crippen LogP contribution in [0, 0.1) is 0 Å². The Labute approximate surface area is 112 Å². The second-order valence-electron chi connectivity index (χ2n) is 4.87. The number of carbonyl (C=O) groups excluding carboxylic acids is 1. The van der Waals surface area contributed by atoms with Crippen LogP contribution in [0.3, 0.4) is 0 Å². The highest BCUT2D eigenvalue weighted by Gasteiger charge is 2.48. The van der Waals surface area contributed by atoms with Gasteiger partial charge in [-0.05, 0) is 25.0 Å². The first-order valence-corrected chi connectivity index (χ1v) is 6.21. The van der Waals surface area contributed by atoms with Crippen molar-refractivity contribution in [3.63, 3.8) is 0 Å². The molecule has 0 spiro atoms. The van der Waals surface area contributed by atoms with Gasteiger partial charge in [0.2, 0.25) is 0 Å². The number of anilines is 1. The Bertz CT molecular complexity index is 549. The first-order valence-electron chi connectivity index (χ1n) is 6.21. The Morgan fingerprint density at radius 2 is 2.15 bits per heavy atom. The standard InChI is InChI=1S/C12H12F3N3O2/c13-12(14,15)7-3-4-16-9(6-7)18-10(19)8-2-1-5-17(8)11(18)20/h3-4,6,8,10,19H,1-2,5H2. The van der Waals surface area contributed by atoms with Crippen molar-refractivity contribution >= 4 is 11.8 Å². The molecular weight excluding hydrogens is 275 g/mol. The van der Waals surface area contributed by atoms with Crippen molar-refractivity contribution in [3.05, 3.63) is 23.9 Å². The summed E-state index contributed by atoms with van der Waals surface area (Å²) in [6.07, 6.45) is -3.25. The van der Waals surface area contributed by atoms with Crippen LogP contribution in [0.2, 0.25) is 0 Å². The zero-order chi connectivity index (χ0) is 14.5. The van der Waals surface area contributed by atoms with Crippen molar-refractivity contribution in [2.75, 3.05) is 11.4 Å². The first kappa shape index (κ1) is 13.2. The van der Waals surface area contributed by atoms with Gasteiger partial charge in [-0.25, -0.2) is 14.7 Å². The molecule has 0 saturated carbocycles. The molecule has 3 rings (SSSR count). The molecule has 108 valence electrons. The molecule has 5 nitrogen and oxygen atoms in total. The number of aliphatic hydroxyl groups is 1. The molecule has 20 heavy (non-hydrogen) atoms. The second-order valence-corrected chi connectivity index (χ2v) is 4.87. The van der Waals surface area contributed by atoms with Crippen LogP contribution < -0.4 is 4.90 Å². The Morgan fingerprint density at radius 3 is 2.80 bits per heavy atom. The minimum Gasteiger partial charge on any atom is -0.371 e. The molecule has 0 aromatic carbocycles. The van der Waals surface area contributed by atoms with Gasteiger partial charge in [0.15, 0.2) is 6.23 Å². The number of rotatable bonds is 1. The van der Waals surface area contributed by atoms with Crippen molar-refractivity contribution in [3.8, 4) is 0 Å². The molecular formula is C12H12F3N3O2. The fourth-order valence-electron chi connectivity index (χ4n) is 2.72. The fourth-order valence-corrected chi connectivity index (χ4v) is 2.72. The topological polar surface area (TPSA) is 56.7 Å². The lowest BCUT2D eigenvalue weighted by atomic mass is 10.2. The van der Waals surface area contributed by atoms with Crippen molar-refractivity contribution in [2.45, 2.75) is 31.3 Å². The van der Waals surface area contributed by atoms with E-state index in [1.165, 1.54) is 4.90 Å². The molecule has 1 N–H and O–H groups in total. The number of hydrogen-bond donors (Lipinski definition) is 1. The molecule has 0 aliphatic carbocycles. The number of halogens is 3. The van der Waals surface area contributed by atoms with Gasteiger partial charge in [-0.15, -0.1) is 0 Å². The molecule has 2 amide bonds. The molecule has 1 aromatic heterocycles. The fraction of sp³-hybridized carbons (Fsp3) is 0.500. The Morgan fingerprint density at radius 1 is 1.40 bits per heavy atom. The van der Waals surface area contributed by atoms with Gasteiger partial charge >= 0.3 is 12.2 Å². The predicted molar refractivity (Wildman–Crippen MR) is 62.8 cm³/mol. The SMILES string of the molecule is O=C1N2CCCC2C(O)N1c1cc(C(F)(F)F)ccn1. The largest absolute Gasteiger partial charge is 0.416 e. The van der Waals surface area contributed by atoms with E-state index in [-0.39, 0.29) is 11.9 Å². The van der Waals surface area contributed by atoms with E-state index in [4.69, 9.17) is 0 Å². The number of aliphatic hydroxyl groups excluding tert-OH is 1. The molecule has 2 aliphatic heterocycles. The van der Waals surface area contributed by atoms with Crippen LogP contribution >= 0.6 is 0 Å². The van der Waals surface area contributed by atoms with E-state index in [2.05, 4.69) is 4.98 Å². The number of amides is 2. The normalized spacial score (nSPS) is 26.3. The van der Waals surface area contributed by atoms with Gasteiger partial charge in [-0.3, -0.25) is 0 Å². The minimum atomic E-state index is -4.51. The van der Waals surface area contributed by atoms with Crippen LogP contribution in [-0.4, -0.2) is 39.8 Å². The third-order valence-corrected chi connectivity index (χ3v) is 3.68. The van der Waals surface area contributed by atoms with Crippen molar-refractivity contribution in [1.29, 1.82) is 0 Å². The minimum absolute atomic E-state index is 0.174. The van der Waals surface area contributed by atoms with Gasteiger partial charge in [0.1, 0.15) is 5.82 Å². The van der Waals surface area contributed by atoms with E-state index < -0.39 is 24.0 Å². The van der Waals surface area contributed by atoms with E-state index in [1.54, 1.807) is 0 Å². The zero-order valence-corrected chi connectivity index (χ0v) is 10.3. The summed E-state index contributed by atoms with van der Waals surface area (Å²) in [6, 6.07) is 0.756. The smallest absolute Gasteiger partial charge is 0.371 e. The summed E-state index contributed by atoms with van der Waals surface area (Å²) in [5, 5.41) is 10.1. The van der Waals surface area contributed by atoms with Crippen LogP contribution in [0.25, 0.3) is 0 Å². The molecule has 2 atom stereocenters. The highest BCUT2D eigenvalue weighted by atomic mass is 19.4. The summed E-state index contributed by atoms with van der Waals surface area (Å²) >= 11 is 0. The summed E-state index contributed by atoms with van der Waals surface area (Å²) in [4.78, 5) is 18.3. The maximum atomic E-state index is 12.7. The molecule has 0 radical (unpaired) electrons. The molecule has 3 heterocycles. The van der Waals surface area contributed by atoms with Gasteiger partial charge in [0, 0.05) is 12.7 Å². The summed E-state index contributed by atoms with van der Waals surface area (Å²) < 4.78 is 38.0. The maximum Gasteiger partial charge on any atom is 0.416 e. The average Bonchev–Trinajstić information content (AvgIpc) is 2.94. The van der Waals surface area contributed by atoms with E-state index in [0.29, 0.717) is 13.0 Å². The van der Waals surface area contributed by atoms with Crippen LogP contribution in [0.1, 0.15) is 18.4 Å². The number of fused-ring (bicyclic) bond motifs is 1. The summed E-state index contributed by atoms with van der Waals surface area (Å²) in [6.45, 7) is 0.510. The van der Waals surface area contributed by atoms with Gasteiger partial charge < -0.3 is 10.0 Å². The number of hydrogen-bond acceptors (Lipinski definition) is 3. The van der Waals surface area contributed by atoms with E-state index in [1.807, 2.05) is 0 Å². The van der Waals surface area contributed by atoms with Crippen LogP contribution in [-0.2, 0) is 6.18 Å². The molecule has 2 unspecified atom stereocenters. The number of carbonyl (C=O) groups is 1. The lowest BCUT2D eigenvalue weighted by Crippen LogP contribution is -2.37. The third-order valence-electron chi connectivity index (χ3n) is 3.68. The molecule has 1 aromatic rings. The highest BCUT2D eigenvalue weighted by molar-refractivity contribution is 5.94. The summed E-state index contributed by atoms with van der Waals surface area (Å²) in [5.74, 6) is -0.174. The lowest BCUT2D eigenvalue weighted by molar-refractivity contribution is -0.137. The molecule has 2 aliphatic rings. The van der Waals surface area contributed by atoms with E-state index in [9.17, 15) is 23.1 Å². The molecule has 0 bridgehead atoms. The molecule has 8 heteroatoms. The number of pyridine rings is 1. The van der Waals surface area contributed by atoms with Gasteiger partial charge in [-0.2, -0.15) is 13.2 Å². The zero-order valence-electron chi connectivity index (χ0n) is 10.3. The Balaban J connectivity index is 1.95. The second kappa shape index (κ2) is 4.34. The summed E-state index contributed by atoms with van der Waals surface area (Å²) in [5.41, 5.74) is -0.894.